The molecule has 1 saturated carbocycles. The van der Waals surface area contributed by atoms with Gasteiger partial charge in [0, 0.05) is 19.3 Å². The number of nitrogens with zero attached hydrogens (tertiary/aromatic N) is 2. The van der Waals surface area contributed by atoms with Gasteiger partial charge in [-0.05, 0) is 32.1 Å². The Labute approximate surface area is 111 Å². The molecule has 18 heavy (non-hydrogen) atoms. The summed E-state index contributed by atoms with van der Waals surface area (Å²) in [5.74, 6) is 0.969. The zero-order valence-electron chi connectivity index (χ0n) is 12.1. The lowest BCUT2D eigenvalue weighted by Crippen LogP contribution is -2.18. The van der Waals surface area contributed by atoms with Gasteiger partial charge < -0.3 is 5.32 Å². The van der Waals surface area contributed by atoms with Gasteiger partial charge in [0.25, 0.3) is 0 Å². The van der Waals surface area contributed by atoms with Crippen LogP contribution in [0.3, 0.4) is 0 Å². The molecule has 1 aliphatic carbocycles. The van der Waals surface area contributed by atoms with Crippen LogP contribution < -0.4 is 5.32 Å². The van der Waals surface area contributed by atoms with E-state index in [0.29, 0.717) is 6.04 Å². The number of nitrogens with one attached hydrogen (secondary N) is 1. The first-order valence-electron chi connectivity index (χ1n) is 7.45. The average molecular weight is 249 g/mol. The molecule has 0 amide bonds. The van der Waals surface area contributed by atoms with E-state index in [9.17, 15) is 0 Å². The fourth-order valence-electron chi connectivity index (χ4n) is 3.18. The van der Waals surface area contributed by atoms with Crippen LogP contribution in [0.1, 0.15) is 57.6 Å². The second-order valence-electron chi connectivity index (χ2n) is 5.81. The first-order chi connectivity index (χ1) is 8.69. The molecule has 2 unspecified atom stereocenters. The maximum Gasteiger partial charge on any atom is 0.0825 e. The standard InChI is InChI=1S/C15H27N3/c1-4-6-13-7-5-8-14(10-9-13)16-15-11-18(3)17-12(15)2/h11,13-14,16H,4-10H2,1-3H3. The van der Waals surface area contributed by atoms with Crippen molar-refractivity contribution in [2.45, 2.75) is 64.8 Å². The fraction of sp³-hybridized carbons (Fsp3) is 0.800. The lowest BCUT2D eigenvalue weighted by atomic mass is 9.95. The zero-order valence-corrected chi connectivity index (χ0v) is 12.1. The Morgan fingerprint density at radius 3 is 2.83 bits per heavy atom. The lowest BCUT2D eigenvalue weighted by molar-refractivity contribution is 0.422. The van der Waals surface area contributed by atoms with Gasteiger partial charge in [0.05, 0.1) is 11.4 Å². The van der Waals surface area contributed by atoms with Gasteiger partial charge in [-0.3, -0.25) is 4.68 Å². The molecule has 2 atom stereocenters. The van der Waals surface area contributed by atoms with Crippen molar-refractivity contribution in [3.05, 3.63) is 11.9 Å². The topological polar surface area (TPSA) is 29.9 Å². The van der Waals surface area contributed by atoms with Crippen molar-refractivity contribution in [2.75, 3.05) is 5.32 Å². The van der Waals surface area contributed by atoms with E-state index in [0.717, 1.165) is 11.6 Å². The van der Waals surface area contributed by atoms with Crippen molar-refractivity contribution in [2.24, 2.45) is 13.0 Å². The molecule has 3 heteroatoms. The number of anilines is 1. The van der Waals surface area contributed by atoms with Crippen LogP contribution in [0, 0.1) is 12.8 Å². The molecule has 0 saturated heterocycles. The van der Waals surface area contributed by atoms with E-state index in [1.54, 1.807) is 0 Å². The van der Waals surface area contributed by atoms with E-state index in [4.69, 9.17) is 0 Å². The summed E-state index contributed by atoms with van der Waals surface area (Å²) in [6.07, 6.45) is 11.7. The molecule has 0 aromatic carbocycles. The first-order valence-corrected chi connectivity index (χ1v) is 7.45. The summed E-state index contributed by atoms with van der Waals surface area (Å²) in [7, 11) is 1.99. The molecule has 1 aromatic rings. The summed E-state index contributed by atoms with van der Waals surface area (Å²) < 4.78 is 1.90. The molecular weight excluding hydrogens is 222 g/mol. The van der Waals surface area contributed by atoms with Gasteiger partial charge in [0.2, 0.25) is 0 Å². The summed E-state index contributed by atoms with van der Waals surface area (Å²) in [5, 5.41) is 8.09. The summed E-state index contributed by atoms with van der Waals surface area (Å²) in [6, 6.07) is 0.648. The number of rotatable bonds is 4. The molecule has 0 radical (unpaired) electrons. The molecule has 2 rings (SSSR count). The highest BCUT2D eigenvalue weighted by molar-refractivity contribution is 5.46. The molecule has 1 aromatic heterocycles. The van der Waals surface area contributed by atoms with Crippen molar-refractivity contribution in [3.63, 3.8) is 0 Å². The quantitative estimate of drug-likeness (QED) is 0.820. The largest absolute Gasteiger partial charge is 0.380 e. The van der Waals surface area contributed by atoms with E-state index in [1.807, 2.05) is 11.7 Å². The van der Waals surface area contributed by atoms with Gasteiger partial charge in [0.15, 0.2) is 0 Å². The minimum absolute atomic E-state index is 0.648. The Morgan fingerprint density at radius 1 is 1.33 bits per heavy atom. The van der Waals surface area contributed by atoms with Gasteiger partial charge in [-0.2, -0.15) is 5.10 Å². The molecular formula is C15H27N3. The van der Waals surface area contributed by atoms with Crippen molar-refractivity contribution in [1.29, 1.82) is 0 Å². The maximum absolute atomic E-state index is 4.40. The Kier molecular flexibility index (Phi) is 4.67. The van der Waals surface area contributed by atoms with E-state index in [1.165, 1.54) is 50.6 Å². The van der Waals surface area contributed by atoms with Gasteiger partial charge in [-0.15, -0.1) is 0 Å². The highest BCUT2D eigenvalue weighted by atomic mass is 15.3. The van der Waals surface area contributed by atoms with E-state index in [2.05, 4.69) is 30.5 Å². The van der Waals surface area contributed by atoms with Crippen molar-refractivity contribution in [1.82, 2.24) is 9.78 Å². The molecule has 0 spiro atoms. The second-order valence-corrected chi connectivity index (χ2v) is 5.81. The van der Waals surface area contributed by atoms with Crippen LogP contribution in [-0.4, -0.2) is 15.8 Å². The van der Waals surface area contributed by atoms with E-state index < -0.39 is 0 Å². The summed E-state index contributed by atoms with van der Waals surface area (Å²) >= 11 is 0. The predicted octanol–water partition coefficient (Wildman–Crippen LogP) is 3.89. The molecule has 1 heterocycles. The van der Waals surface area contributed by atoms with Crippen LogP contribution in [-0.2, 0) is 7.05 Å². The summed E-state index contributed by atoms with van der Waals surface area (Å²) in [6.45, 7) is 4.39. The average Bonchev–Trinajstić information content (AvgIpc) is 2.52. The van der Waals surface area contributed by atoms with Crippen molar-refractivity contribution < 1.29 is 0 Å². The fourth-order valence-corrected chi connectivity index (χ4v) is 3.18. The summed E-state index contributed by atoms with van der Waals surface area (Å²) in [5.41, 5.74) is 2.34. The molecule has 102 valence electrons. The van der Waals surface area contributed by atoms with Gasteiger partial charge in [0.1, 0.15) is 0 Å². The van der Waals surface area contributed by atoms with Crippen LogP contribution in [0.2, 0.25) is 0 Å². The molecule has 3 nitrogen and oxygen atoms in total. The predicted molar refractivity (Wildman–Crippen MR) is 76.8 cm³/mol. The highest BCUT2D eigenvalue weighted by Gasteiger charge is 2.19. The Bertz CT molecular complexity index is 370. The van der Waals surface area contributed by atoms with E-state index >= 15 is 0 Å². The van der Waals surface area contributed by atoms with Crippen molar-refractivity contribution >= 4 is 5.69 Å². The number of hydrogen-bond acceptors (Lipinski definition) is 2. The minimum Gasteiger partial charge on any atom is -0.380 e. The molecule has 0 aliphatic heterocycles. The van der Waals surface area contributed by atoms with Gasteiger partial charge in [-0.1, -0.05) is 32.6 Å². The van der Waals surface area contributed by atoms with Gasteiger partial charge >= 0.3 is 0 Å². The van der Waals surface area contributed by atoms with Crippen LogP contribution in [0.15, 0.2) is 6.20 Å². The normalized spacial score (nSPS) is 24.8. The smallest absolute Gasteiger partial charge is 0.0825 e. The monoisotopic (exact) mass is 249 g/mol. The third kappa shape index (κ3) is 3.50. The molecule has 1 N–H and O–H groups in total. The SMILES string of the molecule is CCCC1CCCC(Nc2cn(C)nc2C)CC1. The molecule has 1 aliphatic rings. The molecule has 1 fully saturated rings. The third-order valence-corrected chi connectivity index (χ3v) is 4.16. The second kappa shape index (κ2) is 6.26. The van der Waals surface area contributed by atoms with Crippen LogP contribution >= 0.6 is 0 Å². The van der Waals surface area contributed by atoms with Crippen LogP contribution in [0.4, 0.5) is 5.69 Å². The Balaban J connectivity index is 1.88. The van der Waals surface area contributed by atoms with Crippen LogP contribution in [0.25, 0.3) is 0 Å². The first kappa shape index (κ1) is 13.4. The Hall–Kier alpha value is -0.990. The summed E-state index contributed by atoms with van der Waals surface area (Å²) in [4.78, 5) is 0. The molecule has 0 bridgehead atoms. The highest BCUT2D eigenvalue weighted by Crippen LogP contribution is 2.28. The lowest BCUT2D eigenvalue weighted by Gasteiger charge is -2.17. The van der Waals surface area contributed by atoms with Crippen LogP contribution in [0.5, 0.6) is 0 Å². The number of hydrogen-bond donors (Lipinski definition) is 1. The number of aryl methyl sites for hydroxylation is 2. The third-order valence-electron chi connectivity index (χ3n) is 4.16. The van der Waals surface area contributed by atoms with Gasteiger partial charge in [-0.25, -0.2) is 0 Å². The minimum atomic E-state index is 0.648. The zero-order chi connectivity index (χ0) is 13.0. The Morgan fingerprint density at radius 2 is 2.17 bits per heavy atom. The van der Waals surface area contributed by atoms with Crippen molar-refractivity contribution in [3.8, 4) is 0 Å². The number of aromatic nitrogens is 2. The maximum atomic E-state index is 4.40. The van der Waals surface area contributed by atoms with E-state index in [-0.39, 0.29) is 0 Å².